The molecule has 0 N–H and O–H groups in total. The smallest absolute Gasteiger partial charge is 0.226 e. The maximum absolute atomic E-state index is 12.4. The van der Waals surface area contributed by atoms with Crippen molar-refractivity contribution in [2.45, 2.75) is 44.9 Å². The molecule has 1 heterocycles. The number of piperidine rings is 1. The van der Waals surface area contributed by atoms with Gasteiger partial charge >= 0.3 is 0 Å². The predicted molar refractivity (Wildman–Crippen MR) is 81.6 cm³/mol. The summed E-state index contributed by atoms with van der Waals surface area (Å²) in [4.78, 5) is 14.4. The molecule has 1 aliphatic carbocycles. The van der Waals surface area contributed by atoms with E-state index >= 15 is 0 Å². The average Bonchev–Trinajstić information content (AvgIpc) is 2.97. The van der Waals surface area contributed by atoms with Gasteiger partial charge in [-0.15, -0.1) is 0 Å². The van der Waals surface area contributed by atoms with Gasteiger partial charge in [0.15, 0.2) is 0 Å². The Morgan fingerprint density at radius 2 is 1.71 bits per heavy atom. The number of carbonyl (C=O) groups is 1. The lowest BCUT2D eigenvalue weighted by molar-refractivity contribution is -0.132. The van der Waals surface area contributed by atoms with Crippen LogP contribution in [0.3, 0.4) is 0 Å². The first-order chi connectivity index (χ1) is 10.2. The summed E-state index contributed by atoms with van der Waals surface area (Å²) < 4.78 is 0. The van der Waals surface area contributed by atoms with Crippen molar-refractivity contribution in [1.82, 2.24) is 4.90 Å². The Labute approximate surface area is 126 Å². The summed E-state index contributed by atoms with van der Waals surface area (Å²) in [6.45, 7) is 1.85. The molecule has 1 amide bonds. The molecule has 3 heteroatoms. The summed E-state index contributed by atoms with van der Waals surface area (Å²) in [5, 5.41) is 8.79. The van der Waals surface area contributed by atoms with Gasteiger partial charge < -0.3 is 4.90 Å². The Hall–Kier alpha value is -1.82. The van der Waals surface area contributed by atoms with E-state index in [0.29, 0.717) is 17.4 Å². The van der Waals surface area contributed by atoms with Crippen LogP contribution in [0, 0.1) is 16.7 Å². The van der Waals surface area contributed by atoms with Crippen LogP contribution in [0.2, 0.25) is 0 Å². The third-order valence-electron chi connectivity index (χ3n) is 5.28. The van der Waals surface area contributed by atoms with Gasteiger partial charge in [0, 0.05) is 13.1 Å². The molecular weight excluding hydrogens is 260 g/mol. The van der Waals surface area contributed by atoms with E-state index in [4.69, 9.17) is 5.26 Å². The highest BCUT2D eigenvalue weighted by Crippen LogP contribution is 2.46. The first kappa shape index (κ1) is 14.1. The zero-order valence-corrected chi connectivity index (χ0v) is 12.5. The zero-order chi connectivity index (χ0) is 14.7. The quantitative estimate of drug-likeness (QED) is 0.835. The normalized spacial score (nSPS) is 20.4. The highest BCUT2D eigenvalue weighted by Gasteiger charge is 2.37. The zero-order valence-electron chi connectivity index (χ0n) is 12.5. The van der Waals surface area contributed by atoms with E-state index in [1.807, 2.05) is 17.0 Å². The summed E-state index contributed by atoms with van der Waals surface area (Å²) in [5.41, 5.74) is 2.21. The molecule has 0 bridgehead atoms. The Bertz CT molecular complexity index is 540. The number of carbonyl (C=O) groups excluding carboxylic acids is 1. The number of nitrogens with zero attached hydrogens (tertiary/aromatic N) is 2. The summed E-state index contributed by atoms with van der Waals surface area (Å²) in [5.74, 6) is 0.229. The summed E-state index contributed by atoms with van der Waals surface area (Å²) in [7, 11) is 0. The van der Waals surface area contributed by atoms with Crippen LogP contribution < -0.4 is 0 Å². The Kier molecular flexibility index (Phi) is 3.96. The second kappa shape index (κ2) is 5.89. The van der Waals surface area contributed by atoms with Crippen molar-refractivity contribution in [2.75, 3.05) is 13.1 Å². The average molecular weight is 282 g/mol. The van der Waals surface area contributed by atoms with Gasteiger partial charge in [0.05, 0.1) is 18.1 Å². The second-order valence-corrected chi connectivity index (χ2v) is 6.57. The molecule has 0 aromatic heterocycles. The van der Waals surface area contributed by atoms with Gasteiger partial charge in [-0.1, -0.05) is 25.0 Å². The third-order valence-corrected chi connectivity index (χ3v) is 5.28. The van der Waals surface area contributed by atoms with Crippen molar-refractivity contribution in [3.63, 3.8) is 0 Å². The van der Waals surface area contributed by atoms with Crippen LogP contribution in [-0.2, 0) is 11.2 Å². The Morgan fingerprint density at radius 3 is 2.29 bits per heavy atom. The number of likely N-dealkylation sites (tertiary alicyclic amines) is 1. The van der Waals surface area contributed by atoms with E-state index in [9.17, 15) is 4.79 Å². The van der Waals surface area contributed by atoms with E-state index in [0.717, 1.165) is 18.7 Å². The van der Waals surface area contributed by atoms with Gasteiger partial charge in [-0.05, 0) is 48.8 Å². The van der Waals surface area contributed by atoms with Crippen LogP contribution in [-0.4, -0.2) is 23.9 Å². The van der Waals surface area contributed by atoms with E-state index in [-0.39, 0.29) is 5.91 Å². The minimum absolute atomic E-state index is 0.229. The molecule has 21 heavy (non-hydrogen) atoms. The van der Waals surface area contributed by atoms with Crippen molar-refractivity contribution >= 4 is 5.91 Å². The van der Waals surface area contributed by atoms with Gasteiger partial charge in [0.25, 0.3) is 0 Å². The van der Waals surface area contributed by atoms with E-state index in [2.05, 4.69) is 6.07 Å². The molecule has 1 saturated heterocycles. The number of amides is 1. The molecule has 2 fully saturated rings. The topological polar surface area (TPSA) is 44.1 Å². The number of hydrogen-bond donors (Lipinski definition) is 0. The molecule has 1 spiro atoms. The lowest BCUT2D eigenvalue weighted by Crippen LogP contribution is -2.42. The van der Waals surface area contributed by atoms with Crippen molar-refractivity contribution in [1.29, 1.82) is 5.26 Å². The number of rotatable bonds is 2. The minimum Gasteiger partial charge on any atom is -0.342 e. The molecule has 2 aliphatic rings. The van der Waals surface area contributed by atoms with Gasteiger partial charge in [-0.2, -0.15) is 5.26 Å². The lowest BCUT2D eigenvalue weighted by atomic mass is 9.77. The summed E-state index contributed by atoms with van der Waals surface area (Å²) in [6.07, 6.45) is 8.31. The number of hydrogen-bond acceptors (Lipinski definition) is 2. The van der Waals surface area contributed by atoms with Crippen molar-refractivity contribution < 1.29 is 4.79 Å². The first-order valence-corrected chi connectivity index (χ1v) is 7.98. The molecule has 1 aromatic carbocycles. The molecule has 0 radical (unpaired) electrons. The standard InChI is InChI=1S/C18H22N2O/c19-14-16-5-3-15(4-6-16)13-17(21)20-11-9-18(10-12-20)7-1-2-8-18/h3-6H,1-2,7-13H2. The Balaban J connectivity index is 1.55. The summed E-state index contributed by atoms with van der Waals surface area (Å²) in [6, 6.07) is 9.45. The maximum Gasteiger partial charge on any atom is 0.226 e. The predicted octanol–water partition coefficient (Wildman–Crippen LogP) is 3.28. The van der Waals surface area contributed by atoms with Gasteiger partial charge in [0.1, 0.15) is 0 Å². The fraction of sp³-hybridized carbons (Fsp3) is 0.556. The van der Waals surface area contributed by atoms with Crippen molar-refractivity contribution in [2.24, 2.45) is 5.41 Å². The molecular formula is C18H22N2O. The van der Waals surface area contributed by atoms with Crippen LogP contribution in [0.15, 0.2) is 24.3 Å². The fourth-order valence-corrected chi connectivity index (χ4v) is 3.84. The molecule has 110 valence electrons. The van der Waals surface area contributed by atoms with Gasteiger partial charge in [0.2, 0.25) is 5.91 Å². The molecule has 3 nitrogen and oxygen atoms in total. The van der Waals surface area contributed by atoms with Crippen LogP contribution in [0.5, 0.6) is 0 Å². The van der Waals surface area contributed by atoms with E-state index in [1.54, 1.807) is 12.1 Å². The van der Waals surface area contributed by atoms with Gasteiger partial charge in [-0.3, -0.25) is 4.79 Å². The van der Waals surface area contributed by atoms with Crippen LogP contribution in [0.25, 0.3) is 0 Å². The molecule has 3 rings (SSSR count). The number of nitriles is 1. The van der Waals surface area contributed by atoms with E-state index in [1.165, 1.54) is 38.5 Å². The number of benzene rings is 1. The monoisotopic (exact) mass is 282 g/mol. The highest BCUT2D eigenvalue weighted by atomic mass is 16.2. The van der Waals surface area contributed by atoms with Crippen molar-refractivity contribution in [3.05, 3.63) is 35.4 Å². The largest absolute Gasteiger partial charge is 0.342 e. The molecule has 0 atom stereocenters. The minimum atomic E-state index is 0.229. The summed E-state index contributed by atoms with van der Waals surface area (Å²) >= 11 is 0. The molecule has 1 aliphatic heterocycles. The second-order valence-electron chi connectivity index (χ2n) is 6.57. The van der Waals surface area contributed by atoms with Crippen LogP contribution in [0.1, 0.15) is 49.7 Å². The molecule has 0 unspecified atom stereocenters. The fourth-order valence-electron chi connectivity index (χ4n) is 3.84. The van der Waals surface area contributed by atoms with Crippen LogP contribution in [0.4, 0.5) is 0 Å². The van der Waals surface area contributed by atoms with Crippen LogP contribution >= 0.6 is 0 Å². The maximum atomic E-state index is 12.4. The van der Waals surface area contributed by atoms with E-state index < -0.39 is 0 Å². The first-order valence-electron chi connectivity index (χ1n) is 7.98. The van der Waals surface area contributed by atoms with Crippen molar-refractivity contribution in [3.8, 4) is 6.07 Å². The third kappa shape index (κ3) is 3.10. The van der Waals surface area contributed by atoms with Gasteiger partial charge in [-0.25, -0.2) is 0 Å². The Morgan fingerprint density at radius 1 is 1.10 bits per heavy atom. The highest BCUT2D eigenvalue weighted by molar-refractivity contribution is 5.78. The molecule has 1 aromatic rings. The SMILES string of the molecule is N#Cc1ccc(CC(=O)N2CCC3(CCCC3)CC2)cc1. The molecule has 1 saturated carbocycles. The lowest BCUT2D eigenvalue weighted by Gasteiger charge is -2.39.